The predicted molar refractivity (Wildman–Crippen MR) is 70.7 cm³/mol. The molecule has 1 aromatic rings. The fourth-order valence-corrected chi connectivity index (χ4v) is 1.84. The maximum atomic E-state index is 11.0. The van der Waals surface area contributed by atoms with Crippen molar-refractivity contribution in [1.82, 2.24) is 0 Å². The van der Waals surface area contributed by atoms with Crippen LogP contribution in [0.25, 0.3) is 0 Å². The molecule has 0 bridgehead atoms. The first-order valence-corrected chi connectivity index (χ1v) is 7.21. The Morgan fingerprint density at radius 2 is 2.16 bits per heavy atom. The molecular formula is C10H15N3O5S. The van der Waals surface area contributed by atoms with Crippen LogP contribution >= 0.6 is 0 Å². The largest absolute Gasteiger partial charge is 0.487 e. The smallest absolute Gasteiger partial charge is 0.333 e. The van der Waals surface area contributed by atoms with Gasteiger partial charge in [0.1, 0.15) is 5.69 Å². The van der Waals surface area contributed by atoms with Gasteiger partial charge in [-0.05, 0) is 19.1 Å². The number of nitrogens with zero attached hydrogens (tertiary/aromatic N) is 1. The van der Waals surface area contributed by atoms with Gasteiger partial charge in [0.05, 0.1) is 17.3 Å². The van der Waals surface area contributed by atoms with Crippen molar-refractivity contribution in [2.24, 2.45) is 5.14 Å². The highest BCUT2D eigenvalue weighted by Crippen LogP contribution is 2.34. The minimum absolute atomic E-state index is 0.0186. The third-order valence-electron chi connectivity index (χ3n) is 2.18. The number of sulfonamides is 1. The van der Waals surface area contributed by atoms with Gasteiger partial charge >= 0.3 is 5.69 Å². The van der Waals surface area contributed by atoms with E-state index in [2.05, 4.69) is 5.32 Å². The Balaban J connectivity index is 2.93. The molecule has 0 saturated heterocycles. The van der Waals surface area contributed by atoms with Gasteiger partial charge in [0, 0.05) is 6.54 Å². The standard InChI is InChI=1S/C10H15N3O5S/c1-2-18-9-5-3-4-8(10(9)13(14)15)12-6-7-19(11,16)17/h3-5,12H,2,6-7H2,1H3,(H2,11,16,17). The fraction of sp³-hybridized carbons (Fsp3) is 0.400. The van der Waals surface area contributed by atoms with Crippen LogP contribution in [0.2, 0.25) is 0 Å². The van der Waals surface area contributed by atoms with Crippen LogP contribution in [0, 0.1) is 10.1 Å². The van der Waals surface area contributed by atoms with Crippen LogP contribution in [-0.2, 0) is 10.0 Å². The number of benzene rings is 1. The quantitative estimate of drug-likeness (QED) is 0.562. The Kier molecular flexibility index (Phi) is 5.07. The minimum atomic E-state index is -3.61. The van der Waals surface area contributed by atoms with Crippen LogP contribution in [0.1, 0.15) is 6.92 Å². The average Bonchev–Trinajstić information content (AvgIpc) is 2.27. The van der Waals surface area contributed by atoms with E-state index in [1.807, 2.05) is 0 Å². The number of nitro benzene ring substituents is 1. The topological polar surface area (TPSA) is 125 Å². The number of primary sulfonamides is 1. The molecule has 3 N–H and O–H groups in total. The first-order valence-electron chi connectivity index (χ1n) is 5.49. The van der Waals surface area contributed by atoms with E-state index < -0.39 is 14.9 Å². The van der Waals surface area contributed by atoms with E-state index in [9.17, 15) is 18.5 Å². The highest BCUT2D eigenvalue weighted by molar-refractivity contribution is 7.89. The fourth-order valence-electron chi connectivity index (χ4n) is 1.45. The number of para-hydroxylation sites is 1. The Morgan fingerprint density at radius 1 is 1.47 bits per heavy atom. The summed E-state index contributed by atoms with van der Waals surface area (Å²) in [4.78, 5) is 10.4. The average molecular weight is 289 g/mol. The number of anilines is 1. The minimum Gasteiger partial charge on any atom is -0.487 e. The van der Waals surface area contributed by atoms with E-state index in [1.54, 1.807) is 13.0 Å². The van der Waals surface area contributed by atoms with Crippen LogP contribution < -0.4 is 15.2 Å². The van der Waals surface area contributed by atoms with Gasteiger partial charge in [-0.15, -0.1) is 0 Å². The summed E-state index contributed by atoms with van der Waals surface area (Å²) in [7, 11) is -3.61. The molecule has 0 heterocycles. The lowest BCUT2D eigenvalue weighted by molar-refractivity contribution is -0.384. The molecule has 0 aromatic heterocycles. The van der Waals surface area contributed by atoms with E-state index >= 15 is 0 Å². The molecule has 0 atom stereocenters. The summed E-state index contributed by atoms with van der Waals surface area (Å²) < 4.78 is 26.7. The summed E-state index contributed by atoms with van der Waals surface area (Å²) in [6.45, 7) is 1.99. The molecule has 8 nitrogen and oxygen atoms in total. The molecule has 0 spiro atoms. The molecule has 0 saturated carbocycles. The number of nitrogens with one attached hydrogen (secondary N) is 1. The molecule has 0 radical (unpaired) electrons. The van der Waals surface area contributed by atoms with E-state index in [0.29, 0.717) is 6.61 Å². The molecule has 0 aliphatic rings. The van der Waals surface area contributed by atoms with Gasteiger partial charge in [-0.2, -0.15) is 0 Å². The van der Waals surface area contributed by atoms with Gasteiger partial charge < -0.3 is 10.1 Å². The maximum absolute atomic E-state index is 11.0. The van der Waals surface area contributed by atoms with E-state index in [-0.39, 0.29) is 29.4 Å². The lowest BCUT2D eigenvalue weighted by atomic mass is 10.2. The Hall–Kier alpha value is -1.87. The number of rotatable bonds is 7. The molecule has 0 fully saturated rings. The van der Waals surface area contributed by atoms with Gasteiger partial charge in [0.15, 0.2) is 5.75 Å². The maximum Gasteiger partial charge on any atom is 0.333 e. The monoisotopic (exact) mass is 289 g/mol. The van der Waals surface area contributed by atoms with Crippen molar-refractivity contribution in [2.45, 2.75) is 6.92 Å². The molecule has 0 aliphatic heterocycles. The van der Waals surface area contributed by atoms with Crippen molar-refractivity contribution in [3.63, 3.8) is 0 Å². The molecule has 19 heavy (non-hydrogen) atoms. The van der Waals surface area contributed by atoms with Gasteiger partial charge in [-0.25, -0.2) is 13.6 Å². The van der Waals surface area contributed by atoms with Crippen molar-refractivity contribution in [3.8, 4) is 5.75 Å². The number of nitro groups is 1. The van der Waals surface area contributed by atoms with E-state index in [4.69, 9.17) is 9.88 Å². The van der Waals surface area contributed by atoms with Gasteiger partial charge in [-0.1, -0.05) is 6.07 Å². The first-order chi connectivity index (χ1) is 8.85. The molecule has 0 aliphatic carbocycles. The van der Waals surface area contributed by atoms with Crippen LogP contribution in [0.5, 0.6) is 5.75 Å². The predicted octanol–water partition coefficient (Wildman–Crippen LogP) is 0.694. The van der Waals surface area contributed by atoms with Crippen molar-refractivity contribution >= 4 is 21.4 Å². The molecule has 0 amide bonds. The second-order valence-corrected chi connectivity index (χ2v) is 5.37. The third kappa shape index (κ3) is 4.72. The summed E-state index contributed by atoms with van der Waals surface area (Å²) in [6.07, 6.45) is 0. The van der Waals surface area contributed by atoms with Gasteiger partial charge in [-0.3, -0.25) is 10.1 Å². The summed E-state index contributed by atoms with van der Waals surface area (Å²) in [5.74, 6) is -0.184. The number of ether oxygens (including phenoxy) is 1. The molecule has 1 rings (SSSR count). The molecule has 0 unspecified atom stereocenters. The van der Waals surface area contributed by atoms with E-state index in [0.717, 1.165) is 0 Å². The van der Waals surface area contributed by atoms with Crippen LogP contribution in [0.3, 0.4) is 0 Å². The molecule has 9 heteroatoms. The zero-order chi connectivity index (χ0) is 14.5. The second kappa shape index (κ2) is 6.34. The van der Waals surface area contributed by atoms with E-state index in [1.165, 1.54) is 12.1 Å². The third-order valence-corrected chi connectivity index (χ3v) is 2.96. The Bertz CT molecular complexity index is 558. The number of nitrogens with two attached hydrogens (primary N) is 1. The Labute approximate surface area is 110 Å². The van der Waals surface area contributed by atoms with Crippen molar-refractivity contribution in [3.05, 3.63) is 28.3 Å². The summed E-state index contributed by atoms with van der Waals surface area (Å²) >= 11 is 0. The highest BCUT2D eigenvalue weighted by Gasteiger charge is 2.20. The molecule has 1 aromatic carbocycles. The summed E-state index contributed by atoms with van der Waals surface area (Å²) in [5, 5.41) is 18.5. The van der Waals surface area contributed by atoms with Crippen molar-refractivity contribution in [2.75, 3.05) is 24.2 Å². The molecule has 106 valence electrons. The lowest BCUT2D eigenvalue weighted by Gasteiger charge is -2.09. The summed E-state index contributed by atoms with van der Waals surface area (Å²) in [6, 6.07) is 4.54. The van der Waals surface area contributed by atoms with Crippen LogP contribution in [0.4, 0.5) is 11.4 Å². The van der Waals surface area contributed by atoms with Crippen LogP contribution in [0.15, 0.2) is 18.2 Å². The van der Waals surface area contributed by atoms with Gasteiger partial charge in [0.25, 0.3) is 0 Å². The van der Waals surface area contributed by atoms with Crippen LogP contribution in [-0.4, -0.2) is 32.2 Å². The van der Waals surface area contributed by atoms with Crippen molar-refractivity contribution in [1.29, 1.82) is 0 Å². The van der Waals surface area contributed by atoms with Crippen molar-refractivity contribution < 1.29 is 18.1 Å². The Morgan fingerprint density at radius 3 is 2.68 bits per heavy atom. The van der Waals surface area contributed by atoms with Gasteiger partial charge in [0.2, 0.25) is 10.0 Å². The second-order valence-electron chi connectivity index (χ2n) is 3.64. The summed E-state index contributed by atoms with van der Waals surface area (Å²) in [5.41, 5.74) is -0.0293. The first kappa shape index (κ1) is 15.2. The SMILES string of the molecule is CCOc1cccc(NCCS(N)(=O)=O)c1[N+](=O)[O-]. The zero-order valence-electron chi connectivity index (χ0n) is 10.3. The highest BCUT2D eigenvalue weighted by atomic mass is 32.2. The molecular weight excluding hydrogens is 274 g/mol. The normalized spacial score (nSPS) is 11.1. The lowest BCUT2D eigenvalue weighted by Crippen LogP contribution is -2.22. The number of hydrogen-bond donors (Lipinski definition) is 2. The number of hydrogen-bond acceptors (Lipinski definition) is 6. The zero-order valence-corrected chi connectivity index (χ0v) is 11.1.